The fourth-order valence-corrected chi connectivity index (χ4v) is 2.43. The van der Waals surface area contributed by atoms with E-state index in [4.69, 9.17) is 16.0 Å². The Bertz CT molecular complexity index is 480. The molecule has 0 unspecified atom stereocenters. The highest BCUT2D eigenvalue weighted by molar-refractivity contribution is 7.98. The van der Waals surface area contributed by atoms with Crippen molar-refractivity contribution >= 4 is 29.6 Å². The Hall–Kier alpha value is -1.19. The highest BCUT2D eigenvalue weighted by Crippen LogP contribution is 2.30. The largest absolute Gasteiger partial charge is 0.468 e. The van der Waals surface area contributed by atoms with Crippen molar-refractivity contribution in [1.29, 1.82) is 0 Å². The van der Waals surface area contributed by atoms with Crippen molar-refractivity contribution in [3.8, 4) is 0 Å². The van der Waals surface area contributed by atoms with Gasteiger partial charge in [0.2, 0.25) is 0 Å². The smallest absolute Gasteiger partial charge is 0.150 e. The summed E-state index contributed by atoms with van der Waals surface area (Å²) in [5, 5.41) is 0.598. The Kier molecular flexibility index (Phi) is 3.70. The first-order valence-electron chi connectivity index (χ1n) is 4.69. The summed E-state index contributed by atoms with van der Waals surface area (Å²) in [5.41, 5.74) is 0.590. The molecule has 0 saturated heterocycles. The third kappa shape index (κ3) is 2.68. The lowest BCUT2D eigenvalue weighted by atomic mass is 10.2. The molecule has 1 aromatic heterocycles. The summed E-state index contributed by atoms with van der Waals surface area (Å²) in [6.45, 7) is 0. The van der Waals surface area contributed by atoms with Crippen molar-refractivity contribution in [2.24, 2.45) is 0 Å². The van der Waals surface area contributed by atoms with Gasteiger partial charge < -0.3 is 4.42 Å². The molecular weight excluding hydrogens is 244 g/mol. The van der Waals surface area contributed by atoms with E-state index < -0.39 is 0 Å². The fraction of sp³-hybridized carbons (Fsp3) is 0.0833. The highest BCUT2D eigenvalue weighted by atomic mass is 35.5. The molecule has 0 bridgehead atoms. The van der Waals surface area contributed by atoms with Gasteiger partial charge in [-0.05, 0) is 24.3 Å². The van der Waals surface area contributed by atoms with Crippen LogP contribution in [0.3, 0.4) is 0 Å². The molecular formula is C12H9ClO2S. The van der Waals surface area contributed by atoms with Gasteiger partial charge in [-0.25, -0.2) is 0 Å². The minimum atomic E-state index is 0.590. The summed E-state index contributed by atoms with van der Waals surface area (Å²) >= 11 is 7.62. The van der Waals surface area contributed by atoms with Crippen LogP contribution in [0.25, 0.3) is 0 Å². The zero-order chi connectivity index (χ0) is 11.4. The van der Waals surface area contributed by atoms with Crippen molar-refractivity contribution < 1.29 is 9.21 Å². The molecule has 1 aromatic carbocycles. The predicted octanol–water partition coefficient (Wildman–Crippen LogP) is 4.04. The highest BCUT2D eigenvalue weighted by Gasteiger charge is 2.04. The van der Waals surface area contributed by atoms with Gasteiger partial charge in [-0.15, -0.1) is 11.8 Å². The van der Waals surface area contributed by atoms with Crippen molar-refractivity contribution in [3.05, 3.63) is 52.9 Å². The van der Waals surface area contributed by atoms with E-state index in [9.17, 15) is 4.79 Å². The second-order valence-electron chi connectivity index (χ2n) is 3.18. The third-order valence-electron chi connectivity index (χ3n) is 2.04. The molecule has 0 spiro atoms. The van der Waals surface area contributed by atoms with E-state index in [1.807, 2.05) is 18.2 Å². The molecule has 0 aliphatic carbocycles. The van der Waals surface area contributed by atoms with Gasteiger partial charge in [-0.2, -0.15) is 0 Å². The van der Waals surface area contributed by atoms with Gasteiger partial charge >= 0.3 is 0 Å². The number of hydrogen-bond donors (Lipinski definition) is 0. The lowest BCUT2D eigenvalue weighted by Gasteiger charge is -2.02. The first-order chi connectivity index (χ1) is 7.79. The van der Waals surface area contributed by atoms with Crippen LogP contribution in [0.2, 0.25) is 5.02 Å². The maximum absolute atomic E-state index is 10.5. The molecule has 16 heavy (non-hydrogen) atoms. The zero-order valence-electron chi connectivity index (χ0n) is 8.35. The quantitative estimate of drug-likeness (QED) is 0.608. The summed E-state index contributed by atoms with van der Waals surface area (Å²) in [6, 6.07) is 9.04. The molecule has 0 N–H and O–H groups in total. The van der Waals surface area contributed by atoms with E-state index in [-0.39, 0.29) is 0 Å². The Morgan fingerprint density at radius 3 is 2.88 bits per heavy atom. The van der Waals surface area contributed by atoms with Gasteiger partial charge in [-0.3, -0.25) is 4.79 Å². The van der Waals surface area contributed by atoms with Crippen LogP contribution in [0.15, 0.2) is 45.9 Å². The molecule has 0 amide bonds. The maximum atomic E-state index is 10.5. The van der Waals surface area contributed by atoms with E-state index in [1.54, 1.807) is 30.2 Å². The molecule has 0 radical (unpaired) electrons. The number of hydrogen-bond acceptors (Lipinski definition) is 3. The van der Waals surface area contributed by atoms with Gasteiger partial charge in [-0.1, -0.05) is 17.7 Å². The normalized spacial score (nSPS) is 10.3. The van der Waals surface area contributed by atoms with Crippen LogP contribution in [-0.2, 0) is 5.75 Å². The molecule has 82 valence electrons. The van der Waals surface area contributed by atoms with E-state index in [0.29, 0.717) is 10.6 Å². The Labute approximate surface area is 103 Å². The first kappa shape index (κ1) is 11.3. The van der Waals surface area contributed by atoms with Crippen LogP contribution in [0.1, 0.15) is 16.1 Å². The van der Waals surface area contributed by atoms with Gasteiger partial charge in [0, 0.05) is 10.5 Å². The zero-order valence-corrected chi connectivity index (χ0v) is 9.92. The fourth-order valence-electron chi connectivity index (χ4n) is 1.25. The number of rotatable bonds is 4. The van der Waals surface area contributed by atoms with Crippen LogP contribution in [0.5, 0.6) is 0 Å². The number of aldehydes is 1. The standard InChI is InChI=1S/C12H9ClO2S/c13-11-6-9(7-14)3-4-12(11)16-8-10-2-1-5-15-10/h1-7H,8H2. The Morgan fingerprint density at radius 2 is 2.25 bits per heavy atom. The van der Waals surface area contributed by atoms with E-state index in [2.05, 4.69) is 0 Å². The number of thioether (sulfide) groups is 1. The van der Waals surface area contributed by atoms with Crippen LogP contribution >= 0.6 is 23.4 Å². The molecule has 0 saturated carbocycles. The molecule has 2 aromatic rings. The van der Waals surface area contributed by atoms with E-state index >= 15 is 0 Å². The number of carbonyl (C=O) groups is 1. The average Bonchev–Trinajstić information content (AvgIpc) is 2.80. The summed E-state index contributed by atoms with van der Waals surface area (Å²) < 4.78 is 5.22. The molecule has 2 nitrogen and oxygen atoms in total. The van der Waals surface area contributed by atoms with Crippen LogP contribution in [-0.4, -0.2) is 6.29 Å². The van der Waals surface area contributed by atoms with E-state index in [0.717, 1.165) is 22.7 Å². The maximum Gasteiger partial charge on any atom is 0.150 e. The molecule has 0 aliphatic heterocycles. The second kappa shape index (κ2) is 5.23. The summed E-state index contributed by atoms with van der Waals surface area (Å²) in [4.78, 5) is 11.5. The lowest BCUT2D eigenvalue weighted by molar-refractivity contribution is 0.112. The Balaban J connectivity index is 2.07. The number of benzene rings is 1. The third-order valence-corrected chi connectivity index (χ3v) is 3.56. The number of halogens is 1. The minimum Gasteiger partial charge on any atom is -0.468 e. The monoisotopic (exact) mass is 252 g/mol. The number of carbonyl (C=O) groups excluding carboxylic acids is 1. The van der Waals surface area contributed by atoms with Crippen molar-refractivity contribution in [2.75, 3.05) is 0 Å². The van der Waals surface area contributed by atoms with Crippen LogP contribution < -0.4 is 0 Å². The second-order valence-corrected chi connectivity index (χ2v) is 4.60. The van der Waals surface area contributed by atoms with Crippen LogP contribution in [0.4, 0.5) is 0 Å². The molecule has 0 aliphatic rings. The predicted molar refractivity (Wildman–Crippen MR) is 65.1 cm³/mol. The van der Waals surface area contributed by atoms with Crippen molar-refractivity contribution in [3.63, 3.8) is 0 Å². The SMILES string of the molecule is O=Cc1ccc(SCc2ccco2)c(Cl)c1. The first-order valence-corrected chi connectivity index (χ1v) is 6.06. The van der Waals surface area contributed by atoms with Gasteiger partial charge in [0.1, 0.15) is 12.0 Å². The minimum absolute atomic E-state index is 0.590. The molecule has 0 atom stereocenters. The van der Waals surface area contributed by atoms with Crippen molar-refractivity contribution in [2.45, 2.75) is 10.6 Å². The van der Waals surface area contributed by atoms with Crippen molar-refractivity contribution in [1.82, 2.24) is 0 Å². The lowest BCUT2D eigenvalue weighted by Crippen LogP contribution is -1.82. The van der Waals surface area contributed by atoms with E-state index in [1.165, 1.54) is 0 Å². The summed E-state index contributed by atoms with van der Waals surface area (Å²) in [5.74, 6) is 1.63. The molecule has 1 heterocycles. The molecule has 2 rings (SSSR count). The van der Waals surface area contributed by atoms with Gasteiger partial charge in [0.25, 0.3) is 0 Å². The number of furan rings is 1. The van der Waals surface area contributed by atoms with Gasteiger partial charge in [0.05, 0.1) is 17.0 Å². The molecule has 4 heteroatoms. The topological polar surface area (TPSA) is 30.2 Å². The summed E-state index contributed by atoms with van der Waals surface area (Å²) in [6.07, 6.45) is 2.43. The Morgan fingerprint density at radius 1 is 1.38 bits per heavy atom. The average molecular weight is 253 g/mol. The summed E-state index contributed by atoms with van der Waals surface area (Å²) in [7, 11) is 0. The van der Waals surface area contributed by atoms with Crippen LogP contribution in [0, 0.1) is 0 Å². The molecule has 0 fully saturated rings. The van der Waals surface area contributed by atoms with Gasteiger partial charge in [0.15, 0.2) is 0 Å².